The van der Waals surface area contributed by atoms with Gasteiger partial charge in [0, 0.05) is 11.9 Å². The molecule has 0 N–H and O–H groups in total. The number of hydrogen-bond acceptors (Lipinski definition) is 4. The van der Waals surface area contributed by atoms with E-state index in [-0.39, 0.29) is 11.9 Å². The summed E-state index contributed by atoms with van der Waals surface area (Å²) in [6.07, 6.45) is 2.47. The van der Waals surface area contributed by atoms with E-state index in [1.54, 1.807) is 11.0 Å². The Labute approximate surface area is 128 Å². The molecule has 1 fully saturated rings. The van der Waals surface area contributed by atoms with E-state index in [0.29, 0.717) is 18.7 Å². The number of benzene rings is 1. The van der Waals surface area contributed by atoms with E-state index in [0.717, 1.165) is 23.7 Å². The van der Waals surface area contributed by atoms with Crippen molar-refractivity contribution in [2.24, 2.45) is 0 Å². The SMILES string of the molecule is COC(=O)[C@@H]1CCCCN1C(=O)c1ccc2ccccc2n1. The first-order chi connectivity index (χ1) is 10.7. The number of nitrogens with zero attached hydrogens (tertiary/aromatic N) is 2. The van der Waals surface area contributed by atoms with Crippen LogP contribution in [0, 0.1) is 0 Å². The Kier molecular flexibility index (Phi) is 4.04. The molecule has 0 unspecified atom stereocenters. The maximum Gasteiger partial charge on any atom is 0.328 e. The zero-order valence-corrected chi connectivity index (χ0v) is 12.5. The van der Waals surface area contributed by atoms with Gasteiger partial charge in [0.1, 0.15) is 11.7 Å². The Morgan fingerprint density at radius 1 is 1.18 bits per heavy atom. The number of amides is 1. The molecule has 1 saturated heterocycles. The van der Waals surface area contributed by atoms with Gasteiger partial charge in [-0.15, -0.1) is 0 Å². The first-order valence-corrected chi connectivity index (χ1v) is 7.45. The molecule has 0 radical (unpaired) electrons. The number of fused-ring (bicyclic) bond motifs is 1. The third-order valence-corrected chi connectivity index (χ3v) is 4.05. The average molecular weight is 298 g/mol. The number of esters is 1. The van der Waals surface area contributed by atoms with E-state index in [9.17, 15) is 9.59 Å². The average Bonchev–Trinajstić information content (AvgIpc) is 2.60. The largest absolute Gasteiger partial charge is 0.467 e. The van der Waals surface area contributed by atoms with E-state index < -0.39 is 6.04 Å². The third kappa shape index (κ3) is 2.66. The molecule has 114 valence electrons. The fourth-order valence-corrected chi connectivity index (χ4v) is 2.89. The minimum Gasteiger partial charge on any atom is -0.467 e. The van der Waals surface area contributed by atoms with Gasteiger partial charge >= 0.3 is 5.97 Å². The molecule has 1 aromatic carbocycles. The lowest BCUT2D eigenvalue weighted by molar-refractivity contribution is -0.147. The highest BCUT2D eigenvalue weighted by atomic mass is 16.5. The summed E-state index contributed by atoms with van der Waals surface area (Å²) in [5.41, 5.74) is 1.15. The second-order valence-corrected chi connectivity index (χ2v) is 5.42. The molecule has 2 heterocycles. The van der Waals surface area contributed by atoms with Crippen molar-refractivity contribution in [3.8, 4) is 0 Å². The molecular formula is C17H18N2O3. The predicted molar refractivity (Wildman–Crippen MR) is 82.4 cm³/mol. The van der Waals surface area contributed by atoms with Gasteiger partial charge in [0.15, 0.2) is 0 Å². The Hall–Kier alpha value is -2.43. The molecule has 1 aromatic heterocycles. The summed E-state index contributed by atoms with van der Waals surface area (Å²) in [5, 5.41) is 0.988. The van der Waals surface area contributed by atoms with E-state index >= 15 is 0 Å². The van der Waals surface area contributed by atoms with Gasteiger partial charge < -0.3 is 9.64 Å². The number of ether oxygens (including phenoxy) is 1. The van der Waals surface area contributed by atoms with Crippen LogP contribution < -0.4 is 0 Å². The highest BCUT2D eigenvalue weighted by Gasteiger charge is 2.33. The molecule has 5 heteroatoms. The highest BCUT2D eigenvalue weighted by Crippen LogP contribution is 2.21. The fraction of sp³-hybridized carbons (Fsp3) is 0.353. The Morgan fingerprint density at radius 3 is 2.82 bits per heavy atom. The van der Waals surface area contributed by atoms with E-state index in [4.69, 9.17) is 4.74 Å². The molecule has 0 bridgehead atoms. The second kappa shape index (κ2) is 6.13. The lowest BCUT2D eigenvalue weighted by atomic mass is 10.0. The van der Waals surface area contributed by atoms with Crippen LogP contribution in [0.2, 0.25) is 0 Å². The van der Waals surface area contributed by atoms with Gasteiger partial charge in [0.25, 0.3) is 5.91 Å². The molecule has 1 atom stereocenters. The molecule has 1 aliphatic heterocycles. The minimum atomic E-state index is -0.500. The van der Waals surface area contributed by atoms with Crippen LogP contribution in [0.3, 0.4) is 0 Å². The fourth-order valence-electron chi connectivity index (χ4n) is 2.89. The number of carbonyl (C=O) groups is 2. The molecule has 5 nitrogen and oxygen atoms in total. The van der Waals surface area contributed by atoms with Crippen molar-refractivity contribution in [1.29, 1.82) is 0 Å². The zero-order valence-electron chi connectivity index (χ0n) is 12.5. The summed E-state index contributed by atoms with van der Waals surface area (Å²) in [7, 11) is 1.36. The number of pyridine rings is 1. The summed E-state index contributed by atoms with van der Waals surface area (Å²) in [6.45, 7) is 0.563. The summed E-state index contributed by atoms with van der Waals surface area (Å²) < 4.78 is 4.82. The first-order valence-electron chi connectivity index (χ1n) is 7.45. The van der Waals surface area contributed by atoms with Crippen molar-refractivity contribution in [3.05, 3.63) is 42.1 Å². The van der Waals surface area contributed by atoms with Gasteiger partial charge in [-0.3, -0.25) is 4.79 Å². The van der Waals surface area contributed by atoms with Crippen molar-refractivity contribution >= 4 is 22.8 Å². The summed E-state index contributed by atoms with van der Waals surface area (Å²) in [4.78, 5) is 30.6. The van der Waals surface area contributed by atoms with Crippen molar-refractivity contribution in [3.63, 3.8) is 0 Å². The second-order valence-electron chi connectivity index (χ2n) is 5.42. The molecule has 2 aromatic rings. The quantitative estimate of drug-likeness (QED) is 0.799. The van der Waals surface area contributed by atoms with Gasteiger partial charge in [-0.05, 0) is 31.4 Å². The van der Waals surface area contributed by atoms with Crippen molar-refractivity contribution in [2.75, 3.05) is 13.7 Å². The zero-order chi connectivity index (χ0) is 15.5. The monoisotopic (exact) mass is 298 g/mol. The Bertz CT molecular complexity index is 714. The van der Waals surface area contributed by atoms with Gasteiger partial charge in [0.2, 0.25) is 0 Å². The standard InChI is InChI=1S/C17H18N2O3/c1-22-17(21)15-8-4-5-11-19(15)16(20)14-10-9-12-6-2-3-7-13(12)18-14/h2-3,6-7,9-10,15H,4-5,8,11H2,1H3/t15-/m0/s1. The van der Waals surface area contributed by atoms with Gasteiger partial charge in [0.05, 0.1) is 12.6 Å². The van der Waals surface area contributed by atoms with Crippen molar-refractivity contribution < 1.29 is 14.3 Å². The van der Waals surface area contributed by atoms with Crippen LogP contribution in [0.4, 0.5) is 0 Å². The maximum atomic E-state index is 12.7. The molecule has 0 spiro atoms. The van der Waals surface area contributed by atoms with Crippen LogP contribution in [-0.4, -0.2) is 41.5 Å². The maximum absolute atomic E-state index is 12.7. The van der Waals surface area contributed by atoms with E-state index in [2.05, 4.69) is 4.98 Å². The van der Waals surface area contributed by atoms with Crippen LogP contribution in [-0.2, 0) is 9.53 Å². The van der Waals surface area contributed by atoms with Gasteiger partial charge in [-0.2, -0.15) is 0 Å². The number of hydrogen-bond donors (Lipinski definition) is 0. The normalized spacial score (nSPS) is 18.2. The smallest absolute Gasteiger partial charge is 0.328 e. The minimum absolute atomic E-state index is 0.208. The first kappa shape index (κ1) is 14.5. The highest BCUT2D eigenvalue weighted by molar-refractivity contribution is 5.97. The van der Waals surface area contributed by atoms with Crippen molar-refractivity contribution in [1.82, 2.24) is 9.88 Å². The van der Waals surface area contributed by atoms with Crippen molar-refractivity contribution in [2.45, 2.75) is 25.3 Å². The molecule has 22 heavy (non-hydrogen) atoms. The lowest BCUT2D eigenvalue weighted by Crippen LogP contribution is -2.48. The summed E-state index contributed by atoms with van der Waals surface area (Å²) in [6, 6.07) is 10.7. The predicted octanol–water partition coefficient (Wildman–Crippen LogP) is 2.40. The molecule has 1 aliphatic rings. The van der Waals surface area contributed by atoms with E-state index in [1.165, 1.54) is 7.11 Å². The number of para-hydroxylation sites is 1. The number of aromatic nitrogens is 1. The van der Waals surface area contributed by atoms with E-state index in [1.807, 2.05) is 30.3 Å². The third-order valence-electron chi connectivity index (χ3n) is 4.05. The van der Waals surface area contributed by atoms with Crippen LogP contribution in [0.15, 0.2) is 36.4 Å². The van der Waals surface area contributed by atoms with Crippen LogP contribution >= 0.6 is 0 Å². The van der Waals surface area contributed by atoms with Gasteiger partial charge in [-0.25, -0.2) is 9.78 Å². The van der Waals surface area contributed by atoms with Crippen LogP contribution in [0.1, 0.15) is 29.8 Å². The number of piperidine rings is 1. The topological polar surface area (TPSA) is 59.5 Å². The number of methoxy groups -OCH3 is 1. The summed E-state index contributed by atoms with van der Waals surface area (Å²) >= 11 is 0. The van der Waals surface area contributed by atoms with Crippen LogP contribution in [0.5, 0.6) is 0 Å². The molecule has 3 rings (SSSR count). The van der Waals surface area contributed by atoms with Gasteiger partial charge in [-0.1, -0.05) is 24.3 Å². The molecule has 0 saturated carbocycles. The number of carbonyl (C=O) groups excluding carboxylic acids is 2. The van der Waals surface area contributed by atoms with Crippen LogP contribution in [0.25, 0.3) is 10.9 Å². The summed E-state index contributed by atoms with van der Waals surface area (Å²) in [5.74, 6) is -0.560. The Balaban J connectivity index is 1.91. The molecular weight excluding hydrogens is 280 g/mol. The molecule has 1 amide bonds. The lowest BCUT2D eigenvalue weighted by Gasteiger charge is -2.33. The number of rotatable bonds is 2. The molecule has 0 aliphatic carbocycles. The number of likely N-dealkylation sites (tertiary alicyclic amines) is 1. The Morgan fingerprint density at radius 2 is 2.00 bits per heavy atom.